The molecular weight excluding hydrogens is 352 g/mol. The Morgan fingerprint density at radius 2 is 1.61 bits per heavy atom. The van der Waals surface area contributed by atoms with Crippen molar-refractivity contribution in [3.63, 3.8) is 0 Å². The third-order valence-corrected chi connectivity index (χ3v) is 4.71. The molecule has 4 rings (SSSR count). The first-order valence-corrected chi connectivity index (χ1v) is 8.93. The SMILES string of the molecule is Cc1nc2ccccc2nc1N/N=C\c1c(C)n(C)n(-c2ccccc2)c1=O. The number of hydrogen-bond acceptors (Lipinski definition) is 5. The molecule has 0 bridgehead atoms. The number of hydrazone groups is 1. The second-order valence-electron chi connectivity index (χ2n) is 6.49. The van der Waals surface area contributed by atoms with Crippen molar-refractivity contribution in [1.82, 2.24) is 19.3 Å². The van der Waals surface area contributed by atoms with Crippen molar-refractivity contribution in [2.75, 3.05) is 5.43 Å². The first-order valence-electron chi connectivity index (χ1n) is 8.93. The molecule has 0 radical (unpaired) electrons. The van der Waals surface area contributed by atoms with Crippen LogP contribution in [-0.2, 0) is 7.05 Å². The van der Waals surface area contributed by atoms with Crippen LogP contribution < -0.4 is 11.0 Å². The Morgan fingerprint density at radius 3 is 2.32 bits per heavy atom. The second kappa shape index (κ2) is 7.11. The molecule has 0 unspecified atom stereocenters. The predicted molar refractivity (Wildman–Crippen MR) is 111 cm³/mol. The van der Waals surface area contributed by atoms with Gasteiger partial charge in [-0.2, -0.15) is 5.10 Å². The first kappa shape index (κ1) is 17.7. The first-order chi connectivity index (χ1) is 13.6. The van der Waals surface area contributed by atoms with Crippen LogP contribution in [0.25, 0.3) is 16.7 Å². The average molecular weight is 372 g/mol. The van der Waals surface area contributed by atoms with Crippen LogP contribution in [0.4, 0.5) is 5.82 Å². The lowest BCUT2D eigenvalue weighted by atomic mass is 10.3. The van der Waals surface area contributed by atoms with Crippen molar-refractivity contribution in [2.24, 2.45) is 12.1 Å². The van der Waals surface area contributed by atoms with E-state index in [1.54, 1.807) is 4.68 Å². The predicted octanol–water partition coefficient (Wildman–Crippen LogP) is 3.18. The smallest absolute Gasteiger partial charge is 0.280 e. The Bertz CT molecular complexity index is 1240. The summed E-state index contributed by atoms with van der Waals surface area (Å²) in [5, 5.41) is 4.25. The highest BCUT2D eigenvalue weighted by Gasteiger charge is 2.14. The van der Waals surface area contributed by atoms with Crippen LogP contribution in [0.5, 0.6) is 0 Å². The molecule has 7 heteroatoms. The number of para-hydroxylation sites is 3. The number of hydrogen-bond donors (Lipinski definition) is 1. The minimum Gasteiger partial charge on any atom is -0.285 e. The van der Waals surface area contributed by atoms with Crippen molar-refractivity contribution in [1.29, 1.82) is 0 Å². The lowest BCUT2D eigenvalue weighted by Crippen LogP contribution is -2.20. The van der Waals surface area contributed by atoms with Crippen molar-refractivity contribution in [3.05, 3.63) is 81.9 Å². The number of nitrogens with zero attached hydrogens (tertiary/aromatic N) is 5. The topological polar surface area (TPSA) is 77.1 Å². The molecule has 0 atom stereocenters. The minimum absolute atomic E-state index is 0.127. The molecule has 0 aliphatic rings. The van der Waals surface area contributed by atoms with Gasteiger partial charge in [-0.25, -0.2) is 14.6 Å². The summed E-state index contributed by atoms with van der Waals surface area (Å²) in [6.07, 6.45) is 1.54. The molecule has 2 aromatic heterocycles. The van der Waals surface area contributed by atoms with Crippen molar-refractivity contribution >= 4 is 23.1 Å². The van der Waals surface area contributed by atoms with Crippen LogP contribution in [0.2, 0.25) is 0 Å². The van der Waals surface area contributed by atoms with Crippen LogP contribution >= 0.6 is 0 Å². The summed E-state index contributed by atoms with van der Waals surface area (Å²) < 4.78 is 3.44. The van der Waals surface area contributed by atoms with Gasteiger partial charge in [0.1, 0.15) is 0 Å². The number of rotatable bonds is 4. The number of anilines is 1. The normalized spacial score (nSPS) is 11.4. The van der Waals surface area contributed by atoms with Gasteiger partial charge in [0, 0.05) is 12.7 Å². The number of benzene rings is 2. The minimum atomic E-state index is -0.127. The van der Waals surface area contributed by atoms with E-state index in [9.17, 15) is 4.79 Å². The fraction of sp³-hybridized carbons (Fsp3) is 0.143. The lowest BCUT2D eigenvalue weighted by Gasteiger charge is -2.07. The molecule has 0 fully saturated rings. The second-order valence-corrected chi connectivity index (χ2v) is 6.49. The Hall–Kier alpha value is -3.74. The van der Waals surface area contributed by atoms with Gasteiger partial charge in [0.05, 0.1) is 34.2 Å². The van der Waals surface area contributed by atoms with E-state index in [1.807, 2.05) is 80.2 Å². The quantitative estimate of drug-likeness (QED) is 0.441. The third kappa shape index (κ3) is 3.07. The largest absolute Gasteiger partial charge is 0.285 e. The van der Waals surface area contributed by atoms with E-state index >= 15 is 0 Å². The standard InChI is InChI=1S/C21H20N6O/c1-14-20(24-19-12-8-7-11-18(19)23-14)25-22-13-17-15(2)26(3)27(21(17)28)16-9-5-4-6-10-16/h4-13H,1-3H3,(H,24,25)/b22-13-. The highest BCUT2D eigenvalue weighted by molar-refractivity contribution is 5.82. The van der Waals surface area contributed by atoms with Gasteiger partial charge >= 0.3 is 0 Å². The molecular formula is C21H20N6O. The number of fused-ring (bicyclic) bond motifs is 1. The molecule has 0 amide bonds. The highest BCUT2D eigenvalue weighted by Crippen LogP contribution is 2.16. The molecule has 2 heterocycles. The number of aryl methyl sites for hydroxylation is 1. The maximum absolute atomic E-state index is 12.9. The molecule has 140 valence electrons. The monoisotopic (exact) mass is 372 g/mol. The lowest BCUT2D eigenvalue weighted by molar-refractivity contribution is 0.630. The summed E-state index contributed by atoms with van der Waals surface area (Å²) in [4.78, 5) is 22.0. The van der Waals surface area contributed by atoms with Gasteiger partial charge in [0.15, 0.2) is 5.82 Å². The zero-order valence-electron chi connectivity index (χ0n) is 15.9. The molecule has 0 saturated heterocycles. The van der Waals surface area contributed by atoms with Gasteiger partial charge in [-0.1, -0.05) is 30.3 Å². The van der Waals surface area contributed by atoms with E-state index < -0.39 is 0 Å². The Morgan fingerprint density at radius 1 is 0.964 bits per heavy atom. The van der Waals surface area contributed by atoms with E-state index in [-0.39, 0.29) is 5.56 Å². The van der Waals surface area contributed by atoms with E-state index in [2.05, 4.69) is 20.5 Å². The Balaban J connectivity index is 1.66. The molecule has 0 aliphatic heterocycles. The summed E-state index contributed by atoms with van der Waals surface area (Å²) in [5.41, 5.74) is 7.29. The fourth-order valence-corrected chi connectivity index (χ4v) is 3.09. The van der Waals surface area contributed by atoms with E-state index in [0.717, 1.165) is 28.1 Å². The number of nitrogens with one attached hydrogen (secondary N) is 1. The van der Waals surface area contributed by atoms with Gasteiger partial charge < -0.3 is 0 Å². The molecule has 0 saturated carbocycles. The maximum atomic E-state index is 12.9. The van der Waals surface area contributed by atoms with Crippen LogP contribution in [-0.4, -0.2) is 25.5 Å². The molecule has 28 heavy (non-hydrogen) atoms. The van der Waals surface area contributed by atoms with Crippen LogP contribution in [0.3, 0.4) is 0 Å². The molecule has 4 aromatic rings. The van der Waals surface area contributed by atoms with Crippen molar-refractivity contribution in [3.8, 4) is 5.69 Å². The highest BCUT2D eigenvalue weighted by atomic mass is 16.1. The molecule has 1 N–H and O–H groups in total. The van der Waals surface area contributed by atoms with E-state index in [4.69, 9.17) is 0 Å². The van der Waals surface area contributed by atoms with Gasteiger partial charge in [-0.3, -0.25) is 14.9 Å². The third-order valence-electron chi connectivity index (χ3n) is 4.71. The maximum Gasteiger partial charge on any atom is 0.280 e. The van der Waals surface area contributed by atoms with Gasteiger partial charge in [-0.05, 0) is 38.1 Å². The van der Waals surface area contributed by atoms with Crippen LogP contribution in [0.1, 0.15) is 17.0 Å². The van der Waals surface area contributed by atoms with Crippen LogP contribution in [0.15, 0.2) is 64.5 Å². The van der Waals surface area contributed by atoms with E-state index in [1.165, 1.54) is 6.21 Å². The number of aromatic nitrogens is 4. The summed E-state index contributed by atoms with van der Waals surface area (Å²) in [7, 11) is 1.85. The fourth-order valence-electron chi connectivity index (χ4n) is 3.09. The van der Waals surface area contributed by atoms with E-state index in [0.29, 0.717) is 11.4 Å². The van der Waals surface area contributed by atoms with Gasteiger partial charge in [0.25, 0.3) is 5.56 Å². The average Bonchev–Trinajstić information content (AvgIpc) is 2.92. The Kier molecular flexibility index (Phi) is 4.49. The van der Waals surface area contributed by atoms with Gasteiger partial charge in [0.2, 0.25) is 0 Å². The van der Waals surface area contributed by atoms with Crippen molar-refractivity contribution < 1.29 is 0 Å². The summed E-state index contributed by atoms with van der Waals surface area (Å²) >= 11 is 0. The zero-order chi connectivity index (χ0) is 19.7. The van der Waals surface area contributed by atoms with Crippen LogP contribution in [0, 0.1) is 13.8 Å². The molecule has 7 nitrogen and oxygen atoms in total. The summed E-state index contributed by atoms with van der Waals surface area (Å²) in [6.45, 7) is 3.76. The molecule has 0 aliphatic carbocycles. The molecule has 0 spiro atoms. The Labute approximate surface area is 162 Å². The summed E-state index contributed by atoms with van der Waals surface area (Å²) in [6, 6.07) is 17.2. The summed E-state index contributed by atoms with van der Waals surface area (Å²) in [5.74, 6) is 0.562. The molecule has 2 aromatic carbocycles. The van der Waals surface area contributed by atoms with Crippen molar-refractivity contribution in [2.45, 2.75) is 13.8 Å². The van der Waals surface area contributed by atoms with Gasteiger partial charge in [-0.15, -0.1) is 0 Å². The zero-order valence-corrected chi connectivity index (χ0v) is 15.9.